The molecule has 0 radical (unpaired) electrons. The summed E-state index contributed by atoms with van der Waals surface area (Å²) in [6.45, 7) is 3.40. The van der Waals surface area contributed by atoms with Gasteiger partial charge in [0.1, 0.15) is 5.76 Å². The second-order valence-electron chi connectivity index (χ2n) is 4.65. The van der Waals surface area contributed by atoms with Crippen LogP contribution in [0.15, 0.2) is 33.7 Å². The molecule has 0 amide bonds. The van der Waals surface area contributed by atoms with Gasteiger partial charge in [-0.15, -0.1) is 0 Å². The monoisotopic (exact) mass is 324 g/mol. The maximum absolute atomic E-state index is 12.4. The third kappa shape index (κ3) is 3.52. The van der Waals surface area contributed by atoms with Gasteiger partial charge >= 0.3 is 5.97 Å². The molecule has 7 nitrogen and oxygen atoms in total. The summed E-state index contributed by atoms with van der Waals surface area (Å²) >= 11 is 0. The van der Waals surface area contributed by atoms with Crippen molar-refractivity contribution in [3.63, 3.8) is 0 Å². The summed E-state index contributed by atoms with van der Waals surface area (Å²) in [7, 11) is -3.85. The molecule has 118 valence electrons. The Morgan fingerprint density at radius 3 is 2.68 bits per heavy atom. The predicted molar refractivity (Wildman–Crippen MR) is 78.0 cm³/mol. The summed E-state index contributed by atoms with van der Waals surface area (Å²) in [5, 5.41) is 9.01. The standard InChI is InChI=1S/C14H16N2O5S/c1-3-10-4-5-11(14(17)18)6-13(10)22(19,20)16-8-12-7-15-9(2)21-12/h4-7,16H,3,8H2,1-2H3,(H,17,18). The molecule has 2 aromatic rings. The van der Waals surface area contributed by atoms with Crippen LogP contribution in [0.5, 0.6) is 0 Å². The second-order valence-corrected chi connectivity index (χ2v) is 6.39. The summed E-state index contributed by atoms with van der Waals surface area (Å²) in [5.74, 6) is -0.352. The number of carbonyl (C=O) groups is 1. The number of hydrogen-bond acceptors (Lipinski definition) is 5. The fraction of sp³-hybridized carbons (Fsp3) is 0.286. The van der Waals surface area contributed by atoms with Gasteiger partial charge in [0, 0.05) is 6.92 Å². The minimum atomic E-state index is -3.85. The quantitative estimate of drug-likeness (QED) is 0.837. The van der Waals surface area contributed by atoms with E-state index in [1.165, 1.54) is 18.3 Å². The van der Waals surface area contributed by atoms with Crippen molar-refractivity contribution in [1.29, 1.82) is 0 Å². The van der Waals surface area contributed by atoms with Crippen LogP contribution in [0, 0.1) is 6.92 Å². The average molecular weight is 324 g/mol. The summed E-state index contributed by atoms with van der Waals surface area (Å²) in [6.07, 6.45) is 1.91. The molecule has 2 rings (SSSR count). The lowest BCUT2D eigenvalue weighted by Gasteiger charge is -2.10. The average Bonchev–Trinajstić information content (AvgIpc) is 2.90. The number of nitrogens with one attached hydrogen (secondary N) is 1. The van der Waals surface area contributed by atoms with Crippen LogP contribution >= 0.6 is 0 Å². The van der Waals surface area contributed by atoms with Gasteiger partial charge in [0.05, 0.1) is 23.2 Å². The van der Waals surface area contributed by atoms with Gasteiger partial charge < -0.3 is 9.52 Å². The molecule has 0 fully saturated rings. The Morgan fingerprint density at radius 2 is 2.14 bits per heavy atom. The normalized spacial score (nSPS) is 11.5. The van der Waals surface area contributed by atoms with Gasteiger partial charge in [-0.25, -0.2) is 22.9 Å². The van der Waals surface area contributed by atoms with Crippen molar-refractivity contribution in [2.75, 3.05) is 0 Å². The first kappa shape index (κ1) is 16.2. The molecule has 2 N–H and O–H groups in total. The van der Waals surface area contributed by atoms with Crippen LogP contribution in [0.2, 0.25) is 0 Å². The molecule has 0 aliphatic rings. The predicted octanol–water partition coefficient (Wildman–Crippen LogP) is 1.72. The Labute approximate surface area is 128 Å². The Bertz CT molecular complexity index is 795. The molecule has 8 heteroatoms. The molecule has 0 atom stereocenters. The maximum Gasteiger partial charge on any atom is 0.335 e. The van der Waals surface area contributed by atoms with Gasteiger partial charge in [0.2, 0.25) is 10.0 Å². The first-order valence-corrected chi connectivity index (χ1v) is 8.09. The van der Waals surface area contributed by atoms with Crippen LogP contribution < -0.4 is 4.72 Å². The molecule has 0 saturated carbocycles. The number of carboxylic acid groups (broad SMARTS) is 1. The minimum absolute atomic E-state index is 0.0360. The van der Waals surface area contributed by atoms with Gasteiger partial charge in [-0.1, -0.05) is 13.0 Å². The molecule has 1 aromatic carbocycles. The molecule has 0 bridgehead atoms. The number of oxazole rings is 1. The number of rotatable bonds is 6. The number of aromatic carboxylic acids is 1. The Morgan fingerprint density at radius 1 is 1.41 bits per heavy atom. The van der Waals surface area contributed by atoms with Crippen molar-refractivity contribution in [2.24, 2.45) is 0 Å². The van der Waals surface area contributed by atoms with Crippen LogP contribution in [0.4, 0.5) is 0 Å². The van der Waals surface area contributed by atoms with E-state index < -0.39 is 16.0 Å². The number of hydrogen-bond donors (Lipinski definition) is 2. The van der Waals surface area contributed by atoms with Crippen molar-refractivity contribution < 1.29 is 22.7 Å². The smallest absolute Gasteiger partial charge is 0.335 e. The summed E-state index contributed by atoms with van der Waals surface area (Å²) in [4.78, 5) is 14.9. The van der Waals surface area contributed by atoms with E-state index in [0.717, 1.165) is 6.07 Å². The number of carboxylic acids is 1. The molecule has 0 aliphatic carbocycles. The zero-order valence-electron chi connectivity index (χ0n) is 12.2. The minimum Gasteiger partial charge on any atom is -0.478 e. The molecular formula is C14H16N2O5S. The van der Waals surface area contributed by atoms with Gasteiger partial charge in [-0.3, -0.25) is 0 Å². The van der Waals surface area contributed by atoms with E-state index in [-0.39, 0.29) is 17.0 Å². The zero-order valence-corrected chi connectivity index (χ0v) is 13.0. The van der Waals surface area contributed by atoms with E-state index in [0.29, 0.717) is 23.6 Å². The maximum atomic E-state index is 12.4. The molecule has 0 unspecified atom stereocenters. The van der Waals surface area contributed by atoms with E-state index >= 15 is 0 Å². The summed E-state index contributed by atoms with van der Waals surface area (Å²) in [6, 6.07) is 4.06. The molecule has 0 saturated heterocycles. The lowest BCUT2D eigenvalue weighted by Crippen LogP contribution is -2.24. The summed E-state index contributed by atoms with van der Waals surface area (Å²) < 4.78 is 32.4. The second kappa shape index (κ2) is 6.29. The van der Waals surface area contributed by atoms with Crippen molar-refractivity contribution in [3.8, 4) is 0 Å². The molecular weight excluding hydrogens is 308 g/mol. The number of nitrogens with zero attached hydrogens (tertiary/aromatic N) is 1. The molecule has 0 spiro atoms. The fourth-order valence-corrected chi connectivity index (χ4v) is 3.29. The number of sulfonamides is 1. The lowest BCUT2D eigenvalue weighted by molar-refractivity contribution is 0.0696. The van der Waals surface area contributed by atoms with Crippen LogP contribution in [0.25, 0.3) is 0 Å². The highest BCUT2D eigenvalue weighted by Crippen LogP contribution is 2.19. The Kier molecular flexibility index (Phi) is 4.62. The van der Waals surface area contributed by atoms with Gasteiger partial charge in [-0.05, 0) is 24.1 Å². The summed E-state index contributed by atoms with van der Waals surface area (Å²) in [5.41, 5.74) is 0.472. The lowest BCUT2D eigenvalue weighted by atomic mass is 10.1. The first-order chi connectivity index (χ1) is 10.3. The first-order valence-electron chi connectivity index (χ1n) is 6.60. The Hall–Kier alpha value is -2.19. The number of aryl methyl sites for hydroxylation is 2. The van der Waals surface area contributed by atoms with Crippen molar-refractivity contribution in [2.45, 2.75) is 31.7 Å². The van der Waals surface area contributed by atoms with Crippen LogP contribution in [-0.4, -0.2) is 24.5 Å². The third-order valence-corrected chi connectivity index (χ3v) is 4.57. The van der Waals surface area contributed by atoms with Crippen molar-refractivity contribution in [1.82, 2.24) is 9.71 Å². The van der Waals surface area contributed by atoms with Gasteiger partial charge in [-0.2, -0.15) is 0 Å². The molecule has 22 heavy (non-hydrogen) atoms. The van der Waals surface area contributed by atoms with E-state index in [2.05, 4.69) is 9.71 Å². The topological polar surface area (TPSA) is 110 Å². The largest absolute Gasteiger partial charge is 0.478 e. The van der Waals surface area contributed by atoms with E-state index in [1.807, 2.05) is 0 Å². The third-order valence-electron chi connectivity index (χ3n) is 3.09. The van der Waals surface area contributed by atoms with Gasteiger partial charge in [0.25, 0.3) is 0 Å². The SMILES string of the molecule is CCc1ccc(C(=O)O)cc1S(=O)(=O)NCc1cnc(C)o1. The van der Waals surface area contributed by atoms with Crippen molar-refractivity contribution in [3.05, 3.63) is 47.2 Å². The number of aromatic nitrogens is 1. The highest BCUT2D eigenvalue weighted by atomic mass is 32.2. The van der Waals surface area contributed by atoms with Crippen LogP contribution in [-0.2, 0) is 23.0 Å². The van der Waals surface area contributed by atoms with Crippen molar-refractivity contribution >= 4 is 16.0 Å². The van der Waals surface area contributed by atoms with Gasteiger partial charge in [0.15, 0.2) is 5.89 Å². The molecule has 1 heterocycles. The molecule has 0 aliphatic heterocycles. The van der Waals surface area contributed by atoms with Crippen LogP contribution in [0.3, 0.4) is 0 Å². The number of benzene rings is 1. The van der Waals surface area contributed by atoms with Crippen LogP contribution in [0.1, 0.15) is 34.5 Å². The van der Waals surface area contributed by atoms with E-state index in [1.54, 1.807) is 13.8 Å². The molecule has 1 aromatic heterocycles. The highest BCUT2D eigenvalue weighted by Gasteiger charge is 2.20. The van der Waals surface area contributed by atoms with E-state index in [9.17, 15) is 13.2 Å². The fourth-order valence-electron chi connectivity index (χ4n) is 1.96. The zero-order chi connectivity index (χ0) is 16.3. The Balaban J connectivity index is 2.31. The van der Waals surface area contributed by atoms with E-state index in [4.69, 9.17) is 9.52 Å². The highest BCUT2D eigenvalue weighted by molar-refractivity contribution is 7.89.